The number of carbonyl (C=O) groups is 1. The van der Waals surface area contributed by atoms with Crippen LogP contribution in [-0.4, -0.2) is 20.7 Å². The zero-order valence-corrected chi connectivity index (χ0v) is 15.0. The Morgan fingerprint density at radius 2 is 2.04 bits per heavy atom. The van der Waals surface area contributed by atoms with Crippen LogP contribution in [0.1, 0.15) is 77.3 Å². The SMILES string of the molecule is CC(C)c1cc(C(=O)N[C@@H](C)c2nc3c(s2)CCCC3)n(C)n1. The van der Waals surface area contributed by atoms with Gasteiger partial charge in [-0.25, -0.2) is 4.98 Å². The molecule has 0 fully saturated rings. The molecule has 23 heavy (non-hydrogen) atoms. The number of hydrogen-bond donors (Lipinski definition) is 1. The Morgan fingerprint density at radius 3 is 2.70 bits per heavy atom. The highest BCUT2D eigenvalue weighted by atomic mass is 32.1. The summed E-state index contributed by atoms with van der Waals surface area (Å²) in [6.45, 7) is 6.15. The molecule has 6 heteroatoms. The number of carbonyl (C=O) groups excluding carboxylic acids is 1. The van der Waals surface area contributed by atoms with Crippen LogP contribution < -0.4 is 5.32 Å². The summed E-state index contributed by atoms with van der Waals surface area (Å²) in [6, 6.07) is 1.80. The van der Waals surface area contributed by atoms with Crippen molar-refractivity contribution >= 4 is 17.2 Å². The minimum Gasteiger partial charge on any atom is -0.342 e. The number of fused-ring (bicyclic) bond motifs is 1. The van der Waals surface area contributed by atoms with Crippen molar-refractivity contribution in [3.8, 4) is 0 Å². The molecule has 0 unspecified atom stereocenters. The van der Waals surface area contributed by atoms with Crippen LogP contribution in [0.2, 0.25) is 0 Å². The van der Waals surface area contributed by atoms with Crippen molar-refractivity contribution in [3.63, 3.8) is 0 Å². The molecule has 0 saturated heterocycles. The van der Waals surface area contributed by atoms with E-state index >= 15 is 0 Å². The number of nitrogens with one attached hydrogen (secondary N) is 1. The Balaban J connectivity index is 1.73. The smallest absolute Gasteiger partial charge is 0.270 e. The molecule has 0 bridgehead atoms. The fourth-order valence-corrected chi connectivity index (χ4v) is 4.03. The van der Waals surface area contributed by atoms with Crippen LogP contribution >= 0.6 is 11.3 Å². The van der Waals surface area contributed by atoms with Crippen molar-refractivity contribution in [2.24, 2.45) is 7.05 Å². The van der Waals surface area contributed by atoms with Crippen molar-refractivity contribution in [3.05, 3.63) is 33.0 Å². The van der Waals surface area contributed by atoms with E-state index in [0.717, 1.165) is 23.5 Å². The Hall–Kier alpha value is -1.69. The summed E-state index contributed by atoms with van der Waals surface area (Å²) in [7, 11) is 1.81. The van der Waals surface area contributed by atoms with E-state index in [0.29, 0.717) is 11.6 Å². The second-order valence-corrected chi connectivity index (χ2v) is 7.67. The van der Waals surface area contributed by atoms with Crippen molar-refractivity contribution in [2.45, 2.75) is 58.4 Å². The van der Waals surface area contributed by atoms with E-state index in [1.807, 2.05) is 20.0 Å². The molecule has 0 radical (unpaired) electrons. The molecule has 1 atom stereocenters. The van der Waals surface area contributed by atoms with E-state index in [2.05, 4.69) is 24.3 Å². The van der Waals surface area contributed by atoms with Crippen LogP contribution in [0.3, 0.4) is 0 Å². The number of thiazole rings is 1. The first-order valence-corrected chi connectivity index (χ1v) is 9.10. The average molecular weight is 332 g/mol. The van der Waals surface area contributed by atoms with E-state index in [4.69, 9.17) is 4.98 Å². The predicted molar refractivity (Wildman–Crippen MR) is 91.9 cm³/mol. The van der Waals surface area contributed by atoms with Crippen LogP contribution in [0.25, 0.3) is 0 Å². The summed E-state index contributed by atoms with van der Waals surface area (Å²) in [4.78, 5) is 18.7. The van der Waals surface area contributed by atoms with Gasteiger partial charge in [0.15, 0.2) is 0 Å². The van der Waals surface area contributed by atoms with Crippen LogP contribution in [-0.2, 0) is 19.9 Å². The minimum absolute atomic E-state index is 0.0736. The van der Waals surface area contributed by atoms with Crippen molar-refractivity contribution in [1.29, 1.82) is 0 Å². The van der Waals surface area contributed by atoms with Gasteiger partial charge in [0.05, 0.1) is 17.4 Å². The maximum atomic E-state index is 12.5. The van der Waals surface area contributed by atoms with Gasteiger partial charge < -0.3 is 5.32 Å². The third-order valence-corrected chi connectivity index (χ3v) is 5.64. The van der Waals surface area contributed by atoms with E-state index in [9.17, 15) is 4.79 Å². The number of aromatic nitrogens is 3. The lowest BCUT2D eigenvalue weighted by atomic mass is 10.0. The van der Waals surface area contributed by atoms with Crippen molar-refractivity contribution < 1.29 is 4.79 Å². The average Bonchev–Trinajstić information content (AvgIpc) is 3.10. The lowest BCUT2D eigenvalue weighted by molar-refractivity contribution is 0.0930. The molecule has 1 aliphatic rings. The molecule has 2 heterocycles. The van der Waals surface area contributed by atoms with Gasteiger partial charge in [0.2, 0.25) is 0 Å². The molecule has 124 valence electrons. The number of hydrogen-bond acceptors (Lipinski definition) is 4. The molecule has 1 N–H and O–H groups in total. The molecule has 1 amide bonds. The molecular weight excluding hydrogens is 308 g/mol. The zero-order valence-electron chi connectivity index (χ0n) is 14.2. The highest BCUT2D eigenvalue weighted by Crippen LogP contribution is 2.29. The van der Waals surface area contributed by atoms with Gasteiger partial charge in [-0.1, -0.05) is 13.8 Å². The Bertz CT molecular complexity index is 693. The highest BCUT2D eigenvalue weighted by Gasteiger charge is 2.21. The lowest BCUT2D eigenvalue weighted by Gasteiger charge is -2.11. The largest absolute Gasteiger partial charge is 0.342 e. The number of rotatable bonds is 4. The fourth-order valence-electron chi connectivity index (χ4n) is 2.87. The summed E-state index contributed by atoms with van der Waals surface area (Å²) in [5, 5.41) is 8.48. The summed E-state index contributed by atoms with van der Waals surface area (Å²) in [5.74, 6) is 0.221. The third kappa shape index (κ3) is 3.32. The van der Waals surface area contributed by atoms with Crippen LogP contribution in [0.15, 0.2) is 6.07 Å². The van der Waals surface area contributed by atoms with Gasteiger partial charge >= 0.3 is 0 Å². The molecule has 0 aliphatic heterocycles. The number of aryl methyl sites for hydroxylation is 3. The second-order valence-electron chi connectivity index (χ2n) is 6.56. The lowest BCUT2D eigenvalue weighted by Crippen LogP contribution is -2.28. The monoisotopic (exact) mass is 332 g/mol. The van der Waals surface area contributed by atoms with Crippen LogP contribution in [0.4, 0.5) is 0 Å². The Morgan fingerprint density at radius 1 is 1.30 bits per heavy atom. The quantitative estimate of drug-likeness (QED) is 0.934. The van der Waals surface area contributed by atoms with E-state index in [1.54, 1.807) is 16.0 Å². The summed E-state index contributed by atoms with van der Waals surface area (Å²) >= 11 is 1.75. The highest BCUT2D eigenvalue weighted by molar-refractivity contribution is 7.11. The molecule has 0 spiro atoms. The number of nitrogens with zero attached hydrogens (tertiary/aromatic N) is 3. The number of amides is 1. The molecule has 2 aromatic rings. The zero-order chi connectivity index (χ0) is 16.6. The molecule has 5 nitrogen and oxygen atoms in total. The molecular formula is C17H24N4OS. The summed E-state index contributed by atoms with van der Waals surface area (Å²) < 4.78 is 1.66. The van der Waals surface area contributed by atoms with Crippen LogP contribution in [0.5, 0.6) is 0 Å². The normalized spacial score (nSPS) is 15.5. The second kappa shape index (κ2) is 6.43. The standard InChI is InChI=1S/C17H24N4OS/c1-10(2)13-9-14(21(4)20-13)16(22)18-11(3)17-19-12-7-5-6-8-15(12)23-17/h9-11H,5-8H2,1-4H3,(H,18,22)/t11-/m0/s1. The molecule has 0 saturated carbocycles. The predicted octanol–water partition coefficient (Wildman–Crippen LogP) is 3.37. The Labute approximate surface area is 141 Å². The van der Waals surface area contributed by atoms with Gasteiger partial charge in [-0.05, 0) is 44.6 Å². The molecule has 3 rings (SSSR count). The van der Waals surface area contributed by atoms with E-state index < -0.39 is 0 Å². The summed E-state index contributed by atoms with van der Waals surface area (Å²) in [6.07, 6.45) is 4.69. The van der Waals surface area contributed by atoms with Gasteiger partial charge in [0.25, 0.3) is 5.91 Å². The topological polar surface area (TPSA) is 59.8 Å². The molecule has 1 aliphatic carbocycles. The molecule has 2 aromatic heterocycles. The Kier molecular flexibility index (Phi) is 4.53. The van der Waals surface area contributed by atoms with Gasteiger partial charge in [0, 0.05) is 11.9 Å². The maximum Gasteiger partial charge on any atom is 0.270 e. The van der Waals surface area contributed by atoms with Crippen molar-refractivity contribution in [1.82, 2.24) is 20.1 Å². The van der Waals surface area contributed by atoms with Gasteiger partial charge in [-0.3, -0.25) is 9.48 Å². The van der Waals surface area contributed by atoms with Crippen LogP contribution in [0, 0.1) is 0 Å². The minimum atomic E-state index is -0.0902. The summed E-state index contributed by atoms with van der Waals surface area (Å²) in [5.41, 5.74) is 2.77. The first-order chi connectivity index (χ1) is 11.0. The van der Waals surface area contributed by atoms with E-state index in [-0.39, 0.29) is 11.9 Å². The van der Waals surface area contributed by atoms with Crippen molar-refractivity contribution in [2.75, 3.05) is 0 Å². The van der Waals surface area contributed by atoms with Gasteiger partial charge in [-0.15, -0.1) is 11.3 Å². The first-order valence-electron chi connectivity index (χ1n) is 8.29. The fraction of sp³-hybridized carbons (Fsp3) is 0.588. The maximum absolute atomic E-state index is 12.5. The molecule has 0 aromatic carbocycles. The van der Waals surface area contributed by atoms with E-state index in [1.165, 1.54) is 23.4 Å². The van der Waals surface area contributed by atoms with Gasteiger partial charge in [0.1, 0.15) is 10.7 Å². The first kappa shape index (κ1) is 16.2. The third-order valence-electron chi connectivity index (χ3n) is 4.30. The van der Waals surface area contributed by atoms with Gasteiger partial charge in [-0.2, -0.15) is 5.10 Å².